The van der Waals surface area contributed by atoms with Crippen molar-refractivity contribution in [3.8, 4) is 0 Å². The highest BCUT2D eigenvalue weighted by Gasteiger charge is 2.30. The predicted molar refractivity (Wildman–Crippen MR) is 84.6 cm³/mol. The molecular formula is C15H9F3N4OS. The summed E-state index contributed by atoms with van der Waals surface area (Å²) in [6.07, 6.45) is 0.465. The van der Waals surface area contributed by atoms with Crippen molar-refractivity contribution in [1.82, 2.24) is 15.1 Å². The van der Waals surface area contributed by atoms with Gasteiger partial charge in [0.1, 0.15) is 0 Å². The van der Waals surface area contributed by atoms with E-state index in [1.165, 1.54) is 18.0 Å². The van der Waals surface area contributed by atoms with Crippen LogP contribution in [-0.2, 0) is 6.18 Å². The highest BCUT2D eigenvalue weighted by molar-refractivity contribution is 8.00. The predicted octanol–water partition coefficient (Wildman–Crippen LogP) is 4.84. The molecule has 0 amide bonds. The van der Waals surface area contributed by atoms with Crippen molar-refractivity contribution >= 4 is 39.6 Å². The molecular weight excluding hydrogens is 341 g/mol. The first-order chi connectivity index (χ1) is 11.5. The molecule has 24 heavy (non-hydrogen) atoms. The van der Waals surface area contributed by atoms with E-state index < -0.39 is 11.7 Å². The number of rotatable bonds is 3. The molecule has 0 unspecified atom stereocenters. The number of aromatic nitrogens is 3. The van der Waals surface area contributed by atoms with Crippen LogP contribution in [0.5, 0.6) is 0 Å². The Balaban J connectivity index is 1.61. The third-order valence-electron chi connectivity index (χ3n) is 3.50. The van der Waals surface area contributed by atoms with Gasteiger partial charge >= 0.3 is 6.18 Å². The number of nitrogens with zero attached hydrogens (tertiary/aromatic N) is 2. The zero-order chi connectivity index (χ0) is 16.7. The number of aromatic amines is 1. The summed E-state index contributed by atoms with van der Waals surface area (Å²) in [5, 5.41) is 5.38. The number of benzene rings is 1. The van der Waals surface area contributed by atoms with E-state index in [9.17, 15) is 13.2 Å². The van der Waals surface area contributed by atoms with Gasteiger partial charge in [0.2, 0.25) is 0 Å². The van der Waals surface area contributed by atoms with Crippen LogP contribution in [0.2, 0.25) is 0 Å². The number of hydrogen-bond donors (Lipinski definition) is 2. The average Bonchev–Trinajstić information content (AvgIpc) is 3.15. The Morgan fingerprint density at radius 3 is 2.88 bits per heavy atom. The third-order valence-corrected chi connectivity index (χ3v) is 4.36. The van der Waals surface area contributed by atoms with Gasteiger partial charge in [-0.3, -0.25) is 4.98 Å². The molecule has 0 aliphatic rings. The summed E-state index contributed by atoms with van der Waals surface area (Å²) < 4.78 is 46.4. The second-order valence-electron chi connectivity index (χ2n) is 5.02. The smallest absolute Gasteiger partial charge is 0.360 e. The molecule has 1 aromatic carbocycles. The lowest BCUT2D eigenvalue weighted by Gasteiger charge is -2.06. The van der Waals surface area contributed by atoms with Crippen LogP contribution in [0.15, 0.2) is 52.3 Å². The molecule has 3 heterocycles. The third kappa shape index (κ3) is 2.56. The molecule has 0 fully saturated rings. The quantitative estimate of drug-likeness (QED) is 0.518. The molecule has 0 radical (unpaired) electrons. The number of halogens is 3. The molecule has 0 saturated carbocycles. The first kappa shape index (κ1) is 14.9. The fourth-order valence-corrected chi connectivity index (χ4v) is 3.09. The monoisotopic (exact) mass is 350 g/mol. The summed E-state index contributed by atoms with van der Waals surface area (Å²) in [7, 11) is 0. The number of alkyl halides is 3. The van der Waals surface area contributed by atoms with Crippen LogP contribution in [0.4, 0.5) is 19.0 Å². The van der Waals surface area contributed by atoms with E-state index >= 15 is 0 Å². The average molecular weight is 350 g/mol. The minimum atomic E-state index is -4.36. The van der Waals surface area contributed by atoms with Crippen molar-refractivity contribution in [2.45, 2.75) is 11.1 Å². The Hall–Kier alpha value is -2.68. The number of pyridine rings is 1. The van der Waals surface area contributed by atoms with Gasteiger partial charge in [-0.1, -0.05) is 11.2 Å². The molecule has 122 valence electrons. The van der Waals surface area contributed by atoms with E-state index in [-0.39, 0.29) is 0 Å². The maximum Gasteiger partial charge on any atom is 0.416 e. The van der Waals surface area contributed by atoms with Crippen LogP contribution in [0.25, 0.3) is 21.9 Å². The number of H-pyrrole nitrogens is 1. The van der Waals surface area contributed by atoms with E-state index in [1.807, 2.05) is 0 Å². The zero-order valence-electron chi connectivity index (χ0n) is 11.9. The molecule has 0 saturated heterocycles. The van der Waals surface area contributed by atoms with Gasteiger partial charge in [0.05, 0.1) is 22.0 Å². The van der Waals surface area contributed by atoms with E-state index in [4.69, 9.17) is 4.52 Å². The molecule has 4 aromatic rings. The van der Waals surface area contributed by atoms with Crippen LogP contribution in [0, 0.1) is 0 Å². The minimum absolute atomic E-state index is 0.420. The number of nitrogens with one attached hydrogen (secondary N) is 2. The molecule has 0 bridgehead atoms. The van der Waals surface area contributed by atoms with Gasteiger partial charge in [-0.15, -0.1) is 0 Å². The Morgan fingerprint density at radius 2 is 2.04 bits per heavy atom. The van der Waals surface area contributed by atoms with Crippen molar-refractivity contribution in [3.05, 3.63) is 48.4 Å². The first-order valence-corrected chi connectivity index (χ1v) is 7.64. The molecule has 0 atom stereocenters. The number of anilines is 1. The van der Waals surface area contributed by atoms with Crippen molar-refractivity contribution in [1.29, 1.82) is 0 Å². The van der Waals surface area contributed by atoms with E-state index in [2.05, 4.69) is 19.8 Å². The fraction of sp³-hybridized carbons (Fsp3) is 0.0667. The maximum atomic E-state index is 12.7. The summed E-state index contributed by atoms with van der Waals surface area (Å²) in [6.45, 7) is 0. The van der Waals surface area contributed by atoms with Crippen molar-refractivity contribution in [2.24, 2.45) is 0 Å². The van der Waals surface area contributed by atoms with Gasteiger partial charge in [-0.25, -0.2) is 0 Å². The summed E-state index contributed by atoms with van der Waals surface area (Å²) in [5.41, 5.74) is 0.286. The zero-order valence-corrected chi connectivity index (χ0v) is 12.7. The molecule has 0 aliphatic heterocycles. The molecule has 5 nitrogen and oxygen atoms in total. The van der Waals surface area contributed by atoms with Crippen LogP contribution in [0.1, 0.15) is 5.56 Å². The molecule has 3 aromatic heterocycles. The lowest BCUT2D eigenvalue weighted by molar-refractivity contribution is -0.137. The highest BCUT2D eigenvalue weighted by Crippen LogP contribution is 2.35. The van der Waals surface area contributed by atoms with Gasteiger partial charge < -0.3 is 14.2 Å². The lowest BCUT2D eigenvalue weighted by atomic mass is 10.1. The van der Waals surface area contributed by atoms with E-state index in [0.29, 0.717) is 22.3 Å². The number of hydrogen-bond acceptors (Lipinski definition) is 5. The fourth-order valence-electron chi connectivity index (χ4n) is 2.33. The summed E-state index contributed by atoms with van der Waals surface area (Å²) in [6, 6.07) is 5.37. The second-order valence-corrected chi connectivity index (χ2v) is 5.87. The van der Waals surface area contributed by atoms with Crippen molar-refractivity contribution < 1.29 is 17.7 Å². The highest BCUT2D eigenvalue weighted by atomic mass is 32.2. The minimum Gasteiger partial charge on any atom is -0.360 e. The molecule has 4 rings (SSSR count). The summed E-state index contributed by atoms with van der Waals surface area (Å²) in [4.78, 5) is 7.55. The molecule has 9 heteroatoms. The van der Waals surface area contributed by atoms with Gasteiger partial charge in [0.15, 0.2) is 11.4 Å². The number of fused-ring (bicyclic) bond motifs is 2. The van der Waals surface area contributed by atoms with Gasteiger partial charge in [0, 0.05) is 23.3 Å². The SMILES string of the molecule is FC(F)(F)c1ccc2c(SNc3noc4cnccc34)c[nH]c2c1. The second kappa shape index (κ2) is 5.45. The lowest BCUT2D eigenvalue weighted by Crippen LogP contribution is -2.04. The summed E-state index contributed by atoms with van der Waals surface area (Å²) >= 11 is 1.24. The maximum absolute atomic E-state index is 12.7. The van der Waals surface area contributed by atoms with Gasteiger partial charge in [-0.2, -0.15) is 13.2 Å². The van der Waals surface area contributed by atoms with E-state index in [1.54, 1.807) is 24.7 Å². The van der Waals surface area contributed by atoms with Crippen LogP contribution in [0.3, 0.4) is 0 Å². The molecule has 2 N–H and O–H groups in total. The Bertz CT molecular complexity index is 1020. The molecule has 0 spiro atoms. The standard InChI is InChI=1S/C15H9F3N4OS/c16-15(17,18)8-1-2-9-11(5-8)20-7-13(9)24-22-14-10-3-4-19-6-12(10)23-21-14/h1-7,20H,(H,21,22). The van der Waals surface area contributed by atoms with E-state index in [0.717, 1.165) is 22.4 Å². The van der Waals surface area contributed by atoms with Crippen LogP contribution >= 0.6 is 11.9 Å². The topological polar surface area (TPSA) is 66.7 Å². The van der Waals surface area contributed by atoms with Crippen molar-refractivity contribution in [2.75, 3.05) is 4.72 Å². The van der Waals surface area contributed by atoms with Crippen LogP contribution in [-0.4, -0.2) is 15.1 Å². The molecule has 0 aliphatic carbocycles. The van der Waals surface area contributed by atoms with Gasteiger partial charge in [-0.05, 0) is 30.1 Å². The Labute approximate surface area is 137 Å². The Kier molecular flexibility index (Phi) is 3.38. The largest absolute Gasteiger partial charge is 0.416 e. The Morgan fingerprint density at radius 1 is 1.17 bits per heavy atom. The van der Waals surface area contributed by atoms with Crippen LogP contribution < -0.4 is 4.72 Å². The summed E-state index contributed by atoms with van der Waals surface area (Å²) in [5.74, 6) is 0.527. The van der Waals surface area contributed by atoms with Crippen molar-refractivity contribution in [3.63, 3.8) is 0 Å². The van der Waals surface area contributed by atoms with Gasteiger partial charge in [0.25, 0.3) is 0 Å². The normalized spacial score (nSPS) is 12.1. The first-order valence-electron chi connectivity index (χ1n) is 6.83.